The maximum Gasteiger partial charge on any atom is 0.398 e. The van der Waals surface area contributed by atoms with Gasteiger partial charge in [-0.05, 0) is 24.6 Å². The molecule has 0 fully saturated rings. The van der Waals surface area contributed by atoms with Gasteiger partial charge in [0.1, 0.15) is 5.82 Å². The number of alkyl halides is 3. The maximum atomic E-state index is 13.2. The van der Waals surface area contributed by atoms with Gasteiger partial charge in [-0.25, -0.2) is 4.39 Å². The van der Waals surface area contributed by atoms with Crippen LogP contribution in [0.3, 0.4) is 0 Å². The van der Waals surface area contributed by atoms with Crippen molar-refractivity contribution >= 4 is 23.9 Å². The maximum absolute atomic E-state index is 13.2. The molecule has 1 aromatic carbocycles. The van der Waals surface area contributed by atoms with E-state index in [9.17, 15) is 22.4 Å². The first-order valence-electron chi connectivity index (χ1n) is 4.46. The minimum atomic E-state index is -4.30. The Morgan fingerprint density at radius 1 is 1.41 bits per heavy atom. The molecule has 1 N–H and O–H groups in total. The minimum absolute atomic E-state index is 0.185. The van der Waals surface area contributed by atoms with Crippen LogP contribution in [0.1, 0.15) is 5.56 Å². The van der Waals surface area contributed by atoms with E-state index in [1.165, 1.54) is 13.3 Å². The normalized spacial score (nSPS) is 11.4. The summed E-state index contributed by atoms with van der Waals surface area (Å²) in [6, 6.07) is 2.23. The van der Waals surface area contributed by atoms with Crippen molar-refractivity contribution in [2.75, 3.05) is 11.1 Å². The number of rotatable bonds is 4. The zero-order valence-corrected chi connectivity index (χ0v) is 9.51. The number of nitrogens with one attached hydrogen (secondary N) is 1. The average Bonchev–Trinajstić information content (AvgIpc) is 2.19. The van der Waals surface area contributed by atoms with Gasteiger partial charge in [0.25, 0.3) is 0 Å². The second-order valence-corrected chi connectivity index (χ2v) is 4.25. The molecule has 1 amide bonds. The van der Waals surface area contributed by atoms with Gasteiger partial charge in [-0.3, -0.25) is 4.79 Å². The van der Waals surface area contributed by atoms with Gasteiger partial charge in [-0.1, -0.05) is 0 Å². The lowest BCUT2D eigenvalue weighted by molar-refractivity contribution is -0.105. The molecule has 2 nitrogen and oxygen atoms in total. The number of benzene rings is 1. The highest BCUT2D eigenvalue weighted by atomic mass is 32.2. The Morgan fingerprint density at radius 2 is 2.06 bits per heavy atom. The zero-order valence-electron chi connectivity index (χ0n) is 8.69. The fourth-order valence-electron chi connectivity index (χ4n) is 1.12. The molecule has 93 valence electrons. The Morgan fingerprint density at radius 3 is 2.59 bits per heavy atom. The Kier molecular flexibility index (Phi) is 4.39. The fourth-order valence-corrected chi connectivity index (χ4v) is 1.93. The third kappa shape index (κ3) is 4.26. The van der Waals surface area contributed by atoms with E-state index >= 15 is 0 Å². The van der Waals surface area contributed by atoms with E-state index in [-0.39, 0.29) is 10.6 Å². The second kappa shape index (κ2) is 5.39. The van der Waals surface area contributed by atoms with Crippen LogP contribution in [0.15, 0.2) is 17.0 Å². The lowest BCUT2D eigenvalue weighted by Gasteiger charge is -2.10. The summed E-state index contributed by atoms with van der Waals surface area (Å²) in [5, 5.41) is 1.97. The zero-order chi connectivity index (χ0) is 13.1. The van der Waals surface area contributed by atoms with Crippen molar-refractivity contribution in [3.63, 3.8) is 0 Å². The number of hydrogen-bond donors (Lipinski definition) is 1. The molecular formula is C10H8F4NOS. The Bertz CT molecular complexity index is 420. The molecule has 0 unspecified atom stereocenters. The molecule has 0 atom stereocenters. The third-order valence-electron chi connectivity index (χ3n) is 1.84. The Hall–Kier alpha value is -1.24. The summed E-state index contributed by atoms with van der Waals surface area (Å²) >= 11 is 0.541. The van der Waals surface area contributed by atoms with Crippen LogP contribution in [0.25, 0.3) is 0 Å². The number of thioether (sulfide) groups is 1. The van der Waals surface area contributed by atoms with Gasteiger partial charge in [-0.2, -0.15) is 13.2 Å². The summed E-state index contributed by atoms with van der Waals surface area (Å²) in [6.45, 7) is 1.50. The van der Waals surface area contributed by atoms with Gasteiger partial charge in [0.2, 0.25) is 0 Å². The van der Waals surface area contributed by atoms with Crippen molar-refractivity contribution in [2.45, 2.75) is 18.0 Å². The highest BCUT2D eigenvalue weighted by Crippen LogP contribution is 2.32. The molecule has 1 aromatic rings. The van der Waals surface area contributed by atoms with Crippen LogP contribution in [-0.2, 0) is 4.79 Å². The van der Waals surface area contributed by atoms with Gasteiger partial charge in [0, 0.05) is 4.90 Å². The molecule has 0 aliphatic carbocycles. The van der Waals surface area contributed by atoms with Crippen LogP contribution in [0.2, 0.25) is 0 Å². The highest BCUT2D eigenvalue weighted by Gasteiger charge is 2.27. The van der Waals surface area contributed by atoms with E-state index < -0.39 is 17.7 Å². The van der Waals surface area contributed by atoms with E-state index in [0.717, 1.165) is 12.1 Å². The van der Waals surface area contributed by atoms with Crippen molar-refractivity contribution < 1.29 is 22.4 Å². The number of carbonyl (C=O) groups excluding carboxylic acids is 1. The molecule has 0 aliphatic rings. The van der Waals surface area contributed by atoms with Gasteiger partial charge in [0.15, 0.2) is 0 Å². The summed E-state index contributed by atoms with van der Waals surface area (Å²) in [5.74, 6) is -1.77. The van der Waals surface area contributed by atoms with Crippen LogP contribution >= 0.6 is 11.8 Å². The minimum Gasteiger partial charge on any atom is -0.315 e. The van der Waals surface area contributed by atoms with E-state index in [1.54, 1.807) is 0 Å². The standard InChI is InChI=1S/C10H8F4NOS/c1-6-2-7(11)8(15-5-16)3-9(6)17-4-10(12,13)14/h2-3H,4H2,1H3,(H,15,16). The molecule has 1 radical (unpaired) electrons. The van der Waals surface area contributed by atoms with E-state index in [1.807, 2.05) is 5.32 Å². The number of anilines is 1. The molecule has 0 spiro atoms. The highest BCUT2D eigenvalue weighted by molar-refractivity contribution is 7.99. The van der Waals surface area contributed by atoms with Crippen LogP contribution in [-0.4, -0.2) is 18.3 Å². The smallest absolute Gasteiger partial charge is 0.315 e. The first-order chi connectivity index (χ1) is 7.83. The van der Waals surface area contributed by atoms with E-state index in [0.29, 0.717) is 17.3 Å². The Balaban J connectivity index is 2.91. The number of amides is 1. The van der Waals surface area contributed by atoms with Gasteiger partial charge >= 0.3 is 12.6 Å². The van der Waals surface area contributed by atoms with Crippen LogP contribution in [0.4, 0.5) is 23.2 Å². The van der Waals surface area contributed by atoms with E-state index in [4.69, 9.17) is 0 Å². The molecule has 7 heteroatoms. The molecule has 17 heavy (non-hydrogen) atoms. The molecule has 1 rings (SSSR count). The second-order valence-electron chi connectivity index (χ2n) is 3.23. The van der Waals surface area contributed by atoms with Crippen molar-refractivity contribution in [3.8, 4) is 0 Å². The fraction of sp³-hybridized carbons (Fsp3) is 0.300. The summed E-state index contributed by atoms with van der Waals surface area (Å²) in [5.41, 5.74) is 0.198. The SMILES string of the molecule is Cc1cc(F)c(N[C]=O)cc1SCC(F)(F)F. The molecular weight excluding hydrogens is 258 g/mol. The monoisotopic (exact) mass is 266 g/mol. The quantitative estimate of drug-likeness (QED) is 0.515. The van der Waals surface area contributed by atoms with Crippen LogP contribution in [0, 0.1) is 12.7 Å². The molecule has 0 saturated carbocycles. The van der Waals surface area contributed by atoms with Crippen molar-refractivity contribution in [3.05, 3.63) is 23.5 Å². The lowest BCUT2D eigenvalue weighted by atomic mass is 10.2. The largest absolute Gasteiger partial charge is 0.398 e. The molecule has 0 aliphatic heterocycles. The van der Waals surface area contributed by atoms with Crippen LogP contribution in [0.5, 0.6) is 0 Å². The first kappa shape index (κ1) is 13.8. The predicted octanol–water partition coefficient (Wildman–Crippen LogP) is 3.27. The Labute approximate surface area is 99.4 Å². The average molecular weight is 266 g/mol. The van der Waals surface area contributed by atoms with Gasteiger partial charge < -0.3 is 5.32 Å². The van der Waals surface area contributed by atoms with Crippen molar-refractivity contribution in [1.29, 1.82) is 0 Å². The number of aryl methyl sites for hydroxylation is 1. The summed E-state index contributed by atoms with van der Waals surface area (Å²) in [6.07, 6.45) is -3.02. The molecule has 0 aromatic heterocycles. The molecule has 0 heterocycles. The van der Waals surface area contributed by atoms with Gasteiger partial charge in [0.05, 0.1) is 11.4 Å². The summed E-state index contributed by atoms with van der Waals surface area (Å²) in [4.78, 5) is 10.3. The first-order valence-corrected chi connectivity index (χ1v) is 5.45. The third-order valence-corrected chi connectivity index (χ3v) is 3.06. The van der Waals surface area contributed by atoms with Crippen LogP contribution < -0.4 is 5.32 Å². The van der Waals surface area contributed by atoms with Gasteiger partial charge in [-0.15, -0.1) is 11.8 Å². The van der Waals surface area contributed by atoms with Crippen molar-refractivity contribution in [2.24, 2.45) is 0 Å². The predicted molar refractivity (Wildman–Crippen MR) is 57.2 cm³/mol. The molecule has 0 saturated heterocycles. The summed E-state index contributed by atoms with van der Waals surface area (Å²) < 4.78 is 49.3. The topological polar surface area (TPSA) is 29.1 Å². The van der Waals surface area contributed by atoms with Crippen molar-refractivity contribution in [1.82, 2.24) is 0 Å². The summed E-state index contributed by atoms with van der Waals surface area (Å²) in [7, 11) is 0. The van der Waals surface area contributed by atoms with E-state index in [2.05, 4.69) is 0 Å². The lowest BCUT2D eigenvalue weighted by Crippen LogP contribution is -2.10. The number of hydrogen-bond acceptors (Lipinski definition) is 2. The molecule has 0 bridgehead atoms. The number of halogens is 4.